The molecule has 6 nitrogen and oxygen atoms in total. The van der Waals surface area contributed by atoms with E-state index < -0.39 is 10.9 Å². The first-order valence-corrected chi connectivity index (χ1v) is 4.66. The minimum absolute atomic E-state index is 0.0120. The minimum Gasteiger partial charge on any atom is -0.550 e. The van der Waals surface area contributed by atoms with Gasteiger partial charge in [0.05, 0.1) is 11.5 Å². The van der Waals surface area contributed by atoms with Gasteiger partial charge >= 0.3 is 0 Å². The second-order valence-electron chi connectivity index (χ2n) is 3.08. The van der Waals surface area contributed by atoms with Crippen LogP contribution in [0.25, 0.3) is 0 Å². The third-order valence-corrected chi connectivity index (χ3v) is 1.84. The molecule has 16 heavy (non-hydrogen) atoms. The zero-order valence-corrected chi connectivity index (χ0v) is 8.42. The van der Waals surface area contributed by atoms with E-state index in [1.54, 1.807) is 0 Å². The summed E-state index contributed by atoms with van der Waals surface area (Å²) in [5, 5.41) is 20.4. The van der Waals surface area contributed by atoms with Crippen molar-refractivity contribution in [1.29, 1.82) is 0 Å². The molecule has 86 valence electrons. The van der Waals surface area contributed by atoms with Crippen LogP contribution in [0.2, 0.25) is 0 Å². The smallest absolute Gasteiger partial charge is 0.269 e. The van der Waals surface area contributed by atoms with Crippen molar-refractivity contribution >= 4 is 11.7 Å². The van der Waals surface area contributed by atoms with E-state index in [-0.39, 0.29) is 18.7 Å². The van der Waals surface area contributed by atoms with Crippen LogP contribution in [0.4, 0.5) is 5.69 Å². The van der Waals surface area contributed by atoms with Crippen molar-refractivity contribution in [1.82, 2.24) is 0 Å². The summed E-state index contributed by atoms with van der Waals surface area (Å²) in [6.45, 7) is 0.242. The first-order valence-electron chi connectivity index (χ1n) is 4.66. The Balaban J connectivity index is 2.38. The molecular formula is C10H10NO5-. The molecule has 0 N–H and O–H groups in total. The third-order valence-electron chi connectivity index (χ3n) is 1.84. The van der Waals surface area contributed by atoms with Gasteiger partial charge in [-0.1, -0.05) is 0 Å². The normalized spacial score (nSPS) is 9.75. The molecule has 0 radical (unpaired) electrons. The van der Waals surface area contributed by atoms with Gasteiger partial charge < -0.3 is 14.6 Å². The number of hydrogen-bond donors (Lipinski definition) is 0. The van der Waals surface area contributed by atoms with Gasteiger partial charge in [0.1, 0.15) is 5.75 Å². The van der Waals surface area contributed by atoms with Crippen LogP contribution >= 0.6 is 0 Å². The van der Waals surface area contributed by atoms with Crippen molar-refractivity contribution in [2.45, 2.75) is 12.8 Å². The second-order valence-corrected chi connectivity index (χ2v) is 3.08. The van der Waals surface area contributed by atoms with Crippen molar-refractivity contribution in [3.8, 4) is 5.75 Å². The Hall–Kier alpha value is -2.11. The van der Waals surface area contributed by atoms with E-state index in [0.717, 1.165) is 0 Å². The number of rotatable bonds is 6. The molecule has 6 heteroatoms. The molecule has 0 heterocycles. The topological polar surface area (TPSA) is 92.5 Å². The number of aliphatic carboxylic acids is 1. The average molecular weight is 224 g/mol. The quantitative estimate of drug-likeness (QED) is 0.398. The monoisotopic (exact) mass is 224 g/mol. The Bertz CT molecular complexity index is 373. The van der Waals surface area contributed by atoms with Crippen molar-refractivity contribution in [2.24, 2.45) is 0 Å². The van der Waals surface area contributed by atoms with Gasteiger partial charge in [-0.05, 0) is 25.0 Å². The number of carboxylic acids is 1. The van der Waals surface area contributed by atoms with E-state index in [2.05, 4.69) is 0 Å². The number of hydrogen-bond acceptors (Lipinski definition) is 5. The molecular weight excluding hydrogens is 214 g/mol. The number of ether oxygens (including phenoxy) is 1. The highest BCUT2D eigenvalue weighted by molar-refractivity contribution is 5.64. The highest BCUT2D eigenvalue weighted by Crippen LogP contribution is 2.17. The molecule has 1 aromatic rings. The van der Waals surface area contributed by atoms with Crippen molar-refractivity contribution in [3.05, 3.63) is 34.4 Å². The lowest BCUT2D eigenvalue weighted by Crippen LogP contribution is -2.22. The summed E-state index contributed by atoms with van der Waals surface area (Å²) >= 11 is 0. The fourth-order valence-electron chi connectivity index (χ4n) is 1.07. The first-order chi connectivity index (χ1) is 7.59. The molecule has 1 aromatic carbocycles. The van der Waals surface area contributed by atoms with Crippen LogP contribution in [0, 0.1) is 10.1 Å². The van der Waals surface area contributed by atoms with Gasteiger partial charge in [-0.15, -0.1) is 0 Å². The Morgan fingerprint density at radius 2 is 1.94 bits per heavy atom. The number of benzene rings is 1. The second kappa shape index (κ2) is 5.69. The van der Waals surface area contributed by atoms with E-state index in [1.165, 1.54) is 24.3 Å². The van der Waals surface area contributed by atoms with Gasteiger partial charge in [0.25, 0.3) is 5.69 Å². The molecule has 0 aromatic heterocycles. The maximum Gasteiger partial charge on any atom is 0.269 e. The molecule has 0 spiro atoms. The summed E-state index contributed by atoms with van der Waals surface area (Å²) in [4.78, 5) is 19.9. The lowest BCUT2D eigenvalue weighted by Gasteiger charge is -2.05. The van der Waals surface area contributed by atoms with E-state index >= 15 is 0 Å². The zero-order valence-electron chi connectivity index (χ0n) is 8.42. The van der Waals surface area contributed by atoms with Crippen LogP contribution < -0.4 is 9.84 Å². The Kier molecular flexibility index (Phi) is 4.26. The maximum absolute atomic E-state index is 10.3. The van der Waals surface area contributed by atoms with Gasteiger partial charge in [0.2, 0.25) is 0 Å². The van der Waals surface area contributed by atoms with E-state index in [1.807, 2.05) is 0 Å². The fraction of sp³-hybridized carbons (Fsp3) is 0.300. The van der Waals surface area contributed by atoms with Crippen molar-refractivity contribution < 1.29 is 19.6 Å². The number of non-ortho nitro benzene ring substituents is 1. The number of nitro benzene ring substituents is 1. The van der Waals surface area contributed by atoms with Crippen LogP contribution in [0.3, 0.4) is 0 Å². The molecule has 0 aliphatic carbocycles. The number of carboxylic acid groups (broad SMARTS) is 1. The molecule has 0 aliphatic rings. The molecule has 0 fully saturated rings. The molecule has 0 saturated heterocycles. The van der Waals surface area contributed by atoms with E-state index in [9.17, 15) is 20.0 Å². The lowest BCUT2D eigenvalue weighted by molar-refractivity contribution is -0.384. The van der Waals surface area contributed by atoms with E-state index in [4.69, 9.17) is 4.74 Å². The Morgan fingerprint density at radius 1 is 1.31 bits per heavy atom. The summed E-state index contributed by atoms with van der Waals surface area (Å²) in [5.41, 5.74) is -0.0120. The summed E-state index contributed by atoms with van der Waals surface area (Å²) in [6, 6.07) is 5.59. The molecule has 0 amide bonds. The predicted octanol–water partition coefficient (Wildman–Crippen LogP) is 0.504. The Morgan fingerprint density at radius 3 is 2.44 bits per heavy atom. The molecule has 0 aliphatic heterocycles. The van der Waals surface area contributed by atoms with Crippen LogP contribution in [-0.4, -0.2) is 17.5 Å². The number of carbonyl (C=O) groups is 1. The molecule has 0 bridgehead atoms. The summed E-state index contributed by atoms with van der Waals surface area (Å²) in [6.07, 6.45) is 0.284. The van der Waals surface area contributed by atoms with Crippen LogP contribution in [0.15, 0.2) is 24.3 Å². The molecule has 0 atom stereocenters. The molecule has 0 saturated carbocycles. The highest BCUT2D eigenvalue weighted by Gasteiger charge is 2.03. The number of nitrogens with zero attached hydrogens (tertiary/aromatic N) is 1. The van der Waals surface area contributed by atoms with Gasteiger partial charge in [-0.25, -0.2) is 0 Å². The van der Waals surface area contributed by atoms with Crippen molar-refractivity contribution in [3.63, 3.8) is 0 Å². The SMILES string of the molecule is O=C([O-])CCCOc1ccc([N+](=O)[O-])cc1. The molecule has 0 unspecified atom stereocenters. The zero-order chi connectivity index (χ0) is 12.0. The standard InChI is InChI=1S/C10H11NO5/c12-10(13)2-1-7-16-9-5-3-8(4-6-9)11(14)15/h3-6H,1-2,7H2,(H,12,13)/p-1. The minimum atomic E-state index is -1.12. The average Bonchev–Trinajstić information content (AvgIpc) is 2.25. The van der Waals surface area contributed by atoms with Gasteiger partial charge in [-0.3, -0.25) is 10.1 Å². The largest absolute Gasteiger partial charge is 0.550 e. The summed E-state index contributed by atoms with van der Waals surface area (Å²) in [5.74, 6) is -0.642. The maximum atomic E-state index is 10.3. The lowest BCUT2D eigenvalue weighted by atomic mass is 10.3. The number of nitro groups is 1. The third kappa shape index (κ3) is 3.95. The Labute approximate surface area is 91.6 Å². The van der Waals surface area contributed by atoms with Gasteiger partial charge in [-0.2, -0.15) is 0 Å². The molecule has 1 rings (SSSR count). The first kappa shape index (κ1) is 12.0. The van der Waals surface area contributed by atoms with Crippen LogP contribution in [0.1, 0.15) is 12.8 Å². The fourth-order valence-corrected chi connectivity index (χ4v) is 1.07. The summed E-state index contributed by atoms with van der Waals surface area (Å²) < 4.78 is 5.18. The van der Waals surface area contributed by atoms with Crippen molar-refractivity contribution in [2.75, 3.05) is 6.61 Å². The number of carbonyl (C=O) groups excluding carboxylic acids is 1. The van der Waals surface area contributed by atoms with Gasteiger partial charge in [0, 0.05) is 18.1 Å². The summed E-state index contributed by atoms with van der Waals surface area (Å²) in [7, 11) is 0. The predicted molar refractivity (Wildman–Crippen MR) is 52.8 cm³/mol. The highest BCUT2D eigenvalue weighted by atomic mass is 16.6. The van der Waals surface area contributed by atoms with Crippen LogP contribution in [0.5, 0.6) is 5.75 Å². The van der Waals surface area contributed by atoms with Gasteiger partial charge in [0.15, 0.2) is 0 Å². The van der Waals surface area contributed by atoms with E-state index in [0.29, 0.717) is 12.2 Å². The van der Waals surface area contributed by atoms with Crippen LogP contribution in [-0.2, 0) is 4.79 Å².